The first-order valence-electron chi connectivity index (χ1n) is 8.68. The molecule has 150 valence electrons. The minimum atomic E-state index is -4.58. The molecule has 0 radical (unpaired) electrons. The molecule has 29 heavy (non-hydrogen) atoms. The highest BCUT2D eigenvalue weighted by Gasteiger charge is 2.55. The van der Waals surface area contributed by atoms with Crippen LogP contribution < -0.4 is 0 Å². The maximum atomic E-state index is 15.4. The van der Waals surface area contributed by atoms with Crippen LogP contribution in [0.1, 0.15) is 46.2 Å². The first-order chi connectivity index (χ1) is 13.7. The molecule has 3 atom stereocenters. The fourth-order valence-corrected chi connectivity index (χ4v) is 5.93. The Hall–Kier alpha value is -2.72. The second kappa shape index (κ2) is 5.90. The molecule has 2 bridgehead atoms. The van der Waals surface area contributed by atoms with Gasteiger partial charge in [0.25, 0.3) is 0 Å². The Morgan fingerprint density at radius 1 is 0.966 bits per heavy atom. The zero-order valence-corrected chi connectivity index (χ0v) is 15.4. The molecule has 0 saturated carbocycles. The van der Waals surface area contributed by atoms with Gasteiger partial charge >= 0.3 is 6.18 Å². The van der Waals surface area contributed by atoms with Crippen LogP contribution in [0.15, 0.2) is 59.6 Å². The van der Waals surface area contributed by atoms with Gasteiger partial charge in [-0.15, -0.1) is 0 Å². The fraction of sp³-hybridized carbons (Fsp3) is 0.211. The summed E-state index contributed by atoms with van der Waals surface area (Å²) in [6.45, 7) is 0. The standard InChI is InChI=1S/C19H13F4N3O2S/c20-15-16-14(9-24-25-16)17-12-3-1-2-4-13(12)18(15)26(17)29(27,28)11-7-5-10(6-8-11)19(21,22)23/h1-9,15,17-18H,(H,24,25). The van der Waals surface area contributed by atoms with Crippen molar-refractivity contribution in [3.63, 3.8) is 0 Å². The molecule has 10 heteroatoms. The molecule has 3 unspecified atom stereocenters. The van der Waals surface area contributed by atoms with Gasteiger partial charge in [0.2, 0.25) is 10.0 Å². The highest BCUT2D eigenvalue weighted by molar-refractivity contribution is 7.89. The SMILES string of the molecule is O=S(=O)(c1ccc(C(F)(F)F)cc1)N1C2c3ccccc3C1C(F)c1[nH]ncc12. The summed E-state index contributed by atoms with van der Waals surface area (Å²) in [6.07, 6.45) is -4.88. The highest BCUT2D eigenvalue weighted by atomic mass is 32.2. The molecular formula is C19H13F4N3O2S. The summed E-state index contributed by atoms with van der Waals surface area (Å²) < 4.78 is 81.8. The van der Waals surface area contributed by atoms with Crippen LogP contribution in [0.25, 0.3) is 0 Å². The summed E-state index contributed by atoms with van der Waals surface area (Å²) in [5.74, 6) is 0. The lowest BCUT2D eigenvalue weighted by atomic mass is 9.99. The van der Waals surface area contributed by atoms with Crippen molar-refractivity contribution in [1.82, 2.24) is 14.5 Å². The van der Waals surface area contributed by atoms with Gasteiger partial charge in [0.05, 0.1) is 34.4 Å². The quantitative estimate of drug-likeness (QED) is 0.626. The van der Waals surface area contributed by atoms with Gasteiger partial charge in [0.15, 0.2) is 6.17 Å². The molecule has 3 heterocycles. The van der Waals surface area contributed by atoms with Crippen molar-refractivity contribution < 1.29 is 26.0 Å². The molecule has 1 N–H and O–H groups in total. The van der Waals surface area contributed by atoms with Crippen molar-refractivity contribution in [2.75, 3.05) is 0 Å². The van der Waals surface area contributed by atoms with Gasteiger partial charge < -0.3 is 0 Å². The number of sulfonamides is 1. The van der Waals surface area contributed by atoms with Gasteiger partial charge in [-0.05, 0) is 35.4 Å². The predicted octanol–water partition coefficient (Wildman–Crippen LogP) is 4.29. The lowest BCUT2D eigenvalue weighted by Gasteiger charge is -2.35. The van der Waals surface area contributed by atoms with E-state index in [1.807, 2.05) is 0 Å². The first kappa shape index (κ1) is 18.3. The Kier molecular flexibility index (Phi) is 3.72. The van der Waals surface area contributed by atoms with Crippen LogP contribution in [0, 0.1) is 0 Å². The molecule has 5 rings (SSSR count). The molecule has 0 aliphatic carbocycles. The summed E-state index contributed by atoms with van der Waals surface area (Å²) in [4.78, 5) is -0.326. The van der Waals surface area contributed by atoms with E-state index in [-0.39, 0.29) is 10.6 Å². The first-order valence-corrected chi connectivity index (χ1v) is 10.1. The maximum absolute atomic E-state index is 15.4. The highest BCUT2D eigenvalue weighted by Crippen LogP contribution is 2.58. The number of hydrogen-bond acceptors (Lipinski definition) is 3. The zero-order valence-electron chi connectivity index (χ0n) is 14.6. The normalized spacial score (nSPS) is 23.7. The van der Waals surface area contributed by atoms with Crippen molar-refractivity contribution in [3.05, 3.63) is 82.7 Å². The van der Waals surface area contributed by atoms with Crippen molar-refractivity contribution in [3.8, 4) is 0 Å². The predicted molar refractivity (Wildman–Crippen MR) is 93.9 cm³/mol. The average molecular weight is 423 g/mol. The maximum Gasteiger partial charge on any atom is 0.416 e. The van der Waals surface area contributed by atoms with Gasteiger partial charge in [-0.2, -0.15) is 22.6 Å². The number of fused-ring (bicyclic) bond motifs is 7. The number of aromatic amines is 1. The van der Waals surface area contributed by atoms with Crippen LogP contribution in [0.4, 0.5) is 17.6 Å². The summed E-state index contributed by atoms with van der Waals surface area (Å²) in [6, 6.07) is 8.12. The van der Waals surface area contributed by atoms with E-state index in [4.69, 9.17) is 0 Å². The molecule has 1 aromatic heterocycles. The van der Waals surface area contributed by atoms with Crippen LogP contribution in [0.3, 0.4) is 0 Å². The van der Waals surface area contributed by atoms with Gasteiger partial charge in [-0.25, -0.2) is 12.8 Å². The van der Waals surface area contributed by atoms with E-state index in [9.17, 15) is 21.6 Å². The number of rotatable bonds is 2. The second-order valence-corrected chi connectivity index (χ2v) is 8.82. The van der Waals surface area contributed by atoms with E-state index in [2.05, 4.69) is 10.2 Å². The summed E-state index contributed by atoms with van der Waals surface area (Å²) >= 11 is 0. The number of halogens is 4. The molecule has 2 aliphatic rings. The van der Waals surface area contributed by atoms with E-state index in [0.717, 1.165) is 16.4 Å². The van der Waals surface area contributed by atoms with Crippen molar-refractivity contribution in [2.24, 2.45) is 0 Å². The third kappa shape index (κ3) is 2.48. The largest absolute Gasteiger partial charge is 0.416 e. The summed E-state index contributed by atoms with van der Waals surface area (Å²) in [7, 11) is -4.30. The van der Waals surface area contributed by atoms with Gasteiger partial charge in [-0.1, -0.05) is 24.3 Å². The third-order valence-corrected chi connectivity index (χ3v) is 7.30. The number of H-pyrrole nitrogens is 1. The van der Waals surface area contributed by atoms with Crippen LogP contribution >= 0.6 is 0 Å². The number of benzene rings is 2. The molecule has 0 amide bonds. The number of aromatic nitrogens is 2. The molecule has 2 aromatic carbocycles. The van der Waals surface area contributed by atoms with E-state index in [1.54, 1.807) is 24.3 Å². The molecular weight excluding hydrogens is 410 g/mol. The summed E-state index contributed by atoms with van der Waals surface area (Å²) in [5.41, 5.74) is 0.826. The van der Waals surface area contributed by atoms with E-state index >= 15 is 4.39 Å². The van der Waals surface area contributed by atoms with Crippen LogP contribution in [-0.4, -0.2) is 22.9 Å². The number of alkyl halides is 4. The minimum absolute atomic E-state index is 0.218. The Morgan fingerprint density at radius 2 is 1.62 bits per heavy atom. The Morgan fingerprint density at radius 3 is 2.28 bits per heavy atom. The van der Waals surface area contributed by atoms with E-state index in [1.165, 1.54) is 6.20 Å². The molecule has 2 aliphatic heterocycles. The lowest BCUT2D eigenvalue weighted by Crippen LogP contribution is -2.38. The second-order valence-electron chi connectivity index (χ2n) is 6.97. The third-order valence-electron chi connectivity index (χ3n) is 5.44. The van der Waals surface area contributed by atoms with Gasteiger partial charge in [-0.3, -0.25) is 5.10 Å². The number of nitrogens with one attached hydrogen (secondary N) is 1. The lowest BCUT2D eigenvalue weighted by molar-refractivity contribution is -0.137. The summed E-state index contributed by atoms with van der Waals surface area (Å²) in [5, 5.41) is 6.47. The molecule has 0 saturated heterocycles. The topological polar surface area (TPSA) is 66.1 Å². The number of hydrogen-bond donors (Lipinski definition) is 1. The Bertz CT molecular complexity index is 1200. The van der Waals surface area contributed by atoms with Crippen LogP contribution in [-0.2, 0) is 16.2 Å². The van der Waals surface area contributed by atoms with E-state index < -0.39 is 40.0 Å². The molecule has 5 nitrogen and oxygen atoms in total. The van der Waals surface area contributed by atoms with Gasteiger partial charge in [0, 0.05) is 5.56 Å². The van der Waals surface area contributed by atoms with Crippen molar-refractivity contribution in [2.45, 2.75) is 29.3 Å². The smallest absolute Gasteiger partial charge is 0.279 e. The molecule has 0 spiro atoms. The van der Waals surface area contributed by atoms with Gasteiger partial charge in [0.1, 0.15) is 0 Å². The monoisotopic (exact) mass is 423 g/mol. The van der Waals surface area contributed by atoms with Crippen molar-refractivity contribution in [1.29, 1.82) is 0 Å². The minimum Gasteiger partial charge on any atom is -0.279 e. The molecule has 0 fully saturated rings. The van der Waals surface area contributed by atoms with Crippen LogP contribution in [0.5, 0.6) is 0 Å². The number of nitrogens with zero attached hydrogens (tertiary/aromatic N) is 2. The fourth-order valence-electron chi connectivity index (χ4n) is 4.18. The Labute approximate surface area is 163 Å². The van der Waals surface area contributed by atoms with E-state index in [0.29, 0.717) is 28.8 Å². The average Bonchev–Trinajstić information content (AvgIpc) is 3.28. The van der Waals surface area contributed by atoms with Crippen molar-refractivity contribution >= 4 is 10.0 Å². The Balaban J connectivity index is 1.67. The zero-order chi connectivity index (χ0) is 20.6. The molecule has 3 aromatic rings. The van der Waals surface area contributed by atoms with Crippen LogP contribution in [0.2, 0.25) is 0 Å².